The second-order valence-electron chi connectivity index (χ2n) is 10.3. The van der Waals surface area contributed by atoms with Gasteiger partial charge in [-0.25, -0.2) is 0 Å². The average molecular weight is 434 g/mol. The van der Waals surface area contributed by atoms with Crippen molar-refractivity contribution in [1.82, 2.24) is 10.6 Å². The van der Waals surface area contributed by atoms with Crippen LogP contribution in [0.4, 0.5) is 0 Å². The largest absolute Gasteiger partial charge is 0.354 e. The van der Waals surface area contributed by atoms with Gasteiger partial charge in [0, 0.05) is 17.4 Å². The molecule has 0 aromatic rings. The Morgan fingerprint density at radius 2 is 1.57 bits per heavy atom. The van der Waals surface area contributed by atoms with E-state index in [1.54, 1.807) is 6.92 Å². The topological polar surface area (TPSA) is 84.2 Å². The van der Waals surface area contributed by atoms with Crippen LogP contribution in [0.2, 0.25) is 0 Å². The molecule has 0 fully saturated rings. The van der Waals surface area contributed by atoms with E-state index in [2.05, 4.69) is 49.7 Å². The van der Waals surface area contributed by atoms with E-state index in [1.165, 1.54) is 0 Å². The lowest BCUT2D eigenvalue weighted by molar-refractivity contribution is -0.133. The maximum atomic E-state index is 13.1. The molecule has 28 heavy (non-hydrogen) atoms. The highest BCUT2D eigenvalue weighted by molar-refractivity contribution is 7.80. The molecule has 0 rings (SSSR count). The van der Waals surface area contributed by atoms with Crippen molar-refractivity contribution in [2.45, 2.75) is 91.8 Å². The molecule has 0 saturated heterocycles. The lowest BCUT2D eigenvalue weighted by Crippen LogP contribution is -2.61. The predicted octanol–water partition coefficient (Wildman–Crippen LogP) is 3.78. The number of amides is 2. The third kappa shape index (κ3) is 9.88. The van der Waals surface area contributed by atoms with Gasteiger partial charge in [-0.2, -0.15) is 25.3 Å². The highest BCUT2D eigenvalue weighted by Crippen LogP contribution is 2.43. The Hall–Kier alpha value is -0.400. The first-order valence-corrected chi connectivity index (χ1v) is 11.4. The Morgan fingerprint density at radius 3 is 2.04 bits per heavy atom. The molecule has 0 heterocycles. The first kappa shape index (κ1) is 27.6. The number of nitrogens with two attached hydrogens (primary N) is 1. The summed E-state index contributed by atoms with van der Waals surface area (Å²) < 4.78 is 0. The Kier molecular flexibility index (Phi) is 11.0. The van der Waals surface area contributed by atoms with Crippen LogP contribution >= 0.6 is 25.3 Å². The summed E-state index contributed by atoms with van der Waals surface area (Å²) in [7, 11) is 0. The molecular formula is C21H43N3O2S2. The van der Waals surface area contributed by atoms with E-state index in [4.69, 9.17) is 5.73 Å². The van der Waals surface area contributed by atoms with Crippen molar-refractivity contribution >= 4 is 37.6 Å². The average Bonchev–Trinajstić information content (AvgIpc) is 2.48. The zero-order chi connectivity index (χ0) is 22.2. The predicted molar refractivity (Wildman–Crippen MR) is 126 cm³/mol. The molecule has 0 radical (unpaired) electrons. The van der Waals surface area contributed by atoms with Crippen molar-refractivity contribution in [3.05, 3.63) is 0 Å². The summed E-state index contributed by atoms with van der Waals surface area (Å²) in [5, 5.41) is 5.75. The Balaban J connectivity index is 5.19. The zero-order valence-corrected chi connectivity index (χ0v) is 20.7. The SMILES string of the molecule is CC(C)(CC(C)(N)NC(=O)C(C)(C)CC(C)(C)C(CCS)CCCS)NC=O. The molecule has 2 unspecified atom stereocenters. The Bertz CT molecular complexity index is 506. The minimum atomic E-state index is -0.922. The van der Waals surface area contributed by atoms with Crippen molar-refractivity contribution < 1.29 is 9.59 Å². The number of hydrogen-bond donors (Lipinski definition) is 5. The molecule has 2 atom stereocenters. The third-order valence-corrected chi connectivity index (χ3v) is 6.04. The molecule has 0 aliphatic rings. The maximum absolute atomic E-state index is 13.1. The summed E-state index contributed by atoms with van der Waals surface area (Å²) in [6, 6.07) is 0. The van der Waals surface area contributed by atoms with E-state index < -0.39 is 16.6 Å². The fourth-order valence-electron chi connectivity index (χ4n) is 4.38. The highest BCUT2D eigenvalue weighted by Gasteiger charge is 2.41. The number of carbonyl (C=O) groups excluding carboxylic acids is 2. The second kappa shape index (κ2) is 11.1. The van der Waals surface area contributed by atoms with Crippen LogP contribution in [0.5, 0.6) is 0 Å². The van der Waals surface area contributed by atoms with E-state index >= 15 is 0 Å². The lowest BCUT2D eigenvalue weighted by Gasteiger charge is -2.42. The molecule has 2 amide bonds. The minimum Gasteiger partial charge on any atom is -0.354 e. The van der Waals surface area contributed by atoms with Crippen molar-refractivity contribution in [3.63, 3.8) is 0 Å². The van der Waals surface area contributed by atoms with Gasteiger partial charge < -0.3 is 16.4 Å². The highest BCUT2D eigenvalue weighted by atomic mass is 32.1. The molecule has 5 nitrogen and oxygen atoms in total. The van der Waals surface area contributed by atoms with E-state index in [-0.39, 0.29) is 11.3 Å². The molecule has 4 N–H and O–H groups in total. The molecule has 0 bridgehead atoms. The Morgan fingerprint density at radius 1 is 1.00 bits per heavy atom. The van der Waals surface area contributed by atoms with Crippen LogP contribution in [0.25, 0.3) is 0 Å². The summed E-state index contributed by atoms with van der Waals surface area (Å²) >= 11 is 8.78. The van der Waals surface area contributed by atoms with Gasteiger partial charge in [-0.3, -0.25) is 9.59 Å². The maximum Gasteiger partial charge on any atom is 0.227 e. The van der Waals surface area contributed by atoms with Gasteiger partial charge >= 0.3 is 0 Å². The summed E-state index contributed by atoms with van der Waals surface area (Å²) in [6.45, 7) is 14.0. The van der Waals surface area contributed by atoms with Gasteiger partial charge in [0.25, 0.3) is 0 Å². The van der Waals surface area contributed by atoms with Crippen LogP contribution in [-0.2, 0) is 9.59 Å². The number of carbonyl (C=O) groups is 2. The number of hydrogen-bond acceptors (Lipinski definition) is 5. The monoisotopic (exact) mass is 433 g/mol. The van der Waals surface area contributed by atoms with Crippen LogP contribution in [0.1, 0.15) is 80.6 Å². The van der Waals surface area contributed by atoms with Gasteiger partial charge in [0.05, 0.1) is 5.66 Å². The second-order valence-corrected chi connectivity index (χ2v) is 11.2. The minimum absolute atomic E-state index is 0.00411. The fourth-order valence-corrected chi connectivity index (χ4v) is 4.88. The first-order valence-electron chi connectivity index (χ1n) is 10.2. The quantitative estimate of drug-likeness (QED) is 0.164. The van der Waals surface area contributed by atoms with Gasteiger partial charge in [-0.05, 0) is 69.3 Å². The van der Waals surface area contributed by atoms with Crippen LogP contribution in [0, 0.1) is 16.7 Å². The third-order valence-electron chi connectivity index (χ3n) is 5.46. The van der Waals surface area contributed by atoms with Crippen molar-refractivity contribution in [1.29, 1.82) is 0 Å². The summed E-state index contributed by atoms with van der Waals surface area (Å²) in [5.74, 6) is 2.14. The normalized spacial score (nSPS) is 16.2. The van der Waals surface area contributed by atoms with E-state index in [9.17, 15) is 9.59 Å². The van der Waals surface area contributed by atoms with Crippen LogP contribution < -0.4 is 16.4 Å². The molecule has 0 saturated carbocycles. The van der Waals surface area contributed by atoms with Gasteiger partial charge in [0.15, 0.2) is 0 Å². The molecule has 0 spiro atoms. The van der Waals surface area contributed by atoms with E-state index in [0.29, 0.717) is 18.7 Å². The van der Waals surface area contributed by atoms with E-state index in [0.717, 1.165) is 37.2 Å². The van der Waals surface area contributed by atoms with Crippen LogP contribution in [0.3, 0.4) is 0 Å². The smallest absolute Gasteiger partial charge is 0.227 e. The van der Waals surface area contributed by atoms with Crippen LogP contribution in [0.15, 0.2) is 0 Å². The molecular weight excluding hydrogens is 390 g/mol. The van der Waals surface area contributed by atoms with Gasteiger partial charge in [-0.1, -0.05) is 27.7 Å². The number of thiol groups is 2. The van der Waals surface area contributed by atoms with Crippen molar-refractivity contribution in [2.75, 3.05) is 11.5 Å². The lowest BCUT2D eigenvalue weighted by atomic mass is 9.66. The summed E-state index contributed by atoms with van der Waals surface area (Å²) in [5.41, 5.74) is 4.36. The molecule has 0 aromatic heterocycles. The van der Waals surface area contributed by atoms with Crippen molar-refractivity contribution in [2.24, 2.45) is 22.5 Å². The fraction of sp³-hybridized carbons (Fsp3) is 0.905. The van der Waals surface area contributed by atoms with E-state index in [1.807, 2.05) is 27.7 Å². The van der Waals surface area contributed by atoms with Gasteiger partial charge in [-0.15, -0.1) is 0 Å². The molecule has 0 aliphatic carbocycles. The van der Waals surface area contributed by atoms with Crippen molar-refractivity contribution in [3.8, 4) is 0 Å². The standard InChI is InChI=1S/C21H43N3O2S2/c1-18(2,16(10-12-28)9-8-11-27)13-19(3,4)17(26)24-21(7,22)14-20(5,6)23-15-25/h15-16,27-28H,8-14,22H2,1-7H3,(H,23,25)(H,24,26). The first-order chi connectivity index (χ1) is 12.6. The molecule has 166 valence electrons. The van der Waals surface area contributed by atoms with Crippen LogP contribution in [-0.4, -0.2) is 35.0 Å². The summed E-state index contributed by atoms with van der Waals surface area (Å²) in [4.78, 5) is 23.9. The zero-order valence-electron chi connectivity index (χ0n) is 18.9. The molecule has 0 aromatic carbocycles. The molecule has 7 heteroatoms. The molecule has 0 aliphatic heterocycles. The van der Waals surface area contributed by atoms with Gasteiger partial charge in [0.2, 0.25) is 12.3 Å². The van der Waals surface area contributed by atoms with Gasteiger partial charge in [0.1, 0.15) is 0 Å². The number of nitrogens with one attached hydrogen (secondary N) is 2. The summed E-state index contributed by atoms with van der Waals surface area (Å²) in [6.07, 6.45) is 5.03. The number of rotatable bonds is 14. The Labute approximate surface area is 183 Å².